The zero-order valence-electron chi connectivity index (χ0n) is 14.3. The summed E-state index contributed by atoms with van der Waals surface area (Å²) in [7, 11) is 2.11. The molecule has 1 amide bonds. The number of fused-ring (bicyclic) bond motifs is 2. The Kier molecular flexibility index (Phi) is 3.85. The summed E-state index contributed by atoms with van der Waals surface area (Å²) >= 11 is 0. The SMILES string of the molecule is C[C@@H](CO)NC(=O)[C@@H]1C=C2C3=CCCc4[nH]cc(c43)C[C@H]2N(C)C1. The van der Waals surface area contributed by atoms with E-state index >= 15 is 0 Å². The number of nitrogens with one attached hydrogen (secondary N) is 2. The molecule has 1 aromatic heterocycles. The lowest BCUT2D eigenvalue weighted by atomic mass is 9.75. The van der Waals surface area contributed by atoms with Crippen molar-refractivity contribution in [2.75, 3.05) is 20.2 Å². The van der Waals surface area contributed by atoms with Crippen LogP contribution in [0.5, 0.6) is 0 Å². The van der Waals surface area contributed by atoms with Crippen molar-refractivity contribution < 1.29 is 9.90 Å². The molecule has 1 aromatic rings. The number of hydrogen-bond acceptors (Lipinski definition) is 3. The van der Waals surface area contributed by atoms with Gasteiger partial charge in [-0.2, -0.15) is 0 Å². The number of carbonyl (C=O) groups excluding carboxylic acids is 1. The van der Waals surface area contributed by atoms with Gasteiger partial charge in [-0.05, 0) is 49.9 Å². The molecule has 0 fully saturated rings. The highest BCUT2D eigenvalue weighted by Crippen LogP contribution is 2.43. The van der Waals surface area contributed by atoms with Crippen LogP contribution in [0.25, 0.3) is 5.57 Å². The number of H-pyrrole nitrogens is 1. The summed E-state index contributed by atoms with van der Waals surface area (Å²) in [4.78, 5) is 18.3. The number of amides is 1. The van der Waals surface area contributed by atoms with E-state index in [2.05, 4.69) is 40.6 Å². The number of aryl methyl sites for hydroxylation is 1. The van der Waals surface area contributed by atoms with Crippen LogP contribution >= 0.6 is 0 Å². The molecule has 5 heteroatoms. The molecule has 0 aromatic carbocycles. The second kappa shape index (κ2) is 5.90. The molecule has 5 nitrogen and oxygen atoms in total. The Morgan fingerprint density at radius 2 is 2.38 bits per heavy atom. The fraction of sp³-hybridized carbons (Fsp3) is 0.526. The number of aromatic amines is 1. The molecule has 0 radical (unpaired) electrons. The summed E-state index contributed by atoms with van der Waals surface area (Å²) in [6, 6.07) is 0.145. The number of carbonyl (C=O) groups is 1. The lowest BCUT2D eigenvalue weighted by Gasteiger charge is -2.41. The molecular formula is C19H25N3O2. The Balaban J connectivity index is 1.69. The van der Waals surface area contributed by atoms with Crippen molar-refractivity contribution >= 4 is 11.5 Å². The van der Waals surface area contributed by atoms with Crippen LogP contribution in [0.2, 0.25) is 0 Å². The van der Waals surface area contributed by atoms with Crippen molar-refractivity contribution in [3.63, 3.8) is 0 Å². The number of aliphatic hydroxyl groups is 1. The number of nitrogens with zero attached hydrogens (tertiary/aromatic N) is 1. The molecule has 128 valence electrons. The van der Waals surface area contributed by atoms with Crippen LogP contribution in [0.4, 0.5) is 0 Å². The third-order valence-corrected chi connectivity index (χ3v) is 5.54. The van der Waals surface area contributed by atoms with Gasteiger partial charge in [-0.25, -0.2) is 0 Å². The predicted octanol–water partition coefficient (Wildman–Crippen LogP) is 1.25. The molecule has 0 saturated carbocycles. The first kappa shape index (κ1) is 15.7. The average molecular weight is 327 g/mol. The summed E-state index contributed by atoms with van der Waals surface area (Å²) in [5.41, 5.74) is 6.74. The fourth-order valence-electron chi connectivity index (χ4n) is 4.28. The monoisotopic (exact) mass is 327 g/mol. The normalized spacial score (nSPS) is 26.8. The number of aliphatic hydroxyl groups excluding tert-OH is 1. The zero-order valence-corrected chi connectivity index (χ0v) is 14.3. The number of allylic oxidation sites excluding steroid dienone is 1. The first-order valence-corrected chi connectivity index (χ1v) is 8.81. The van der Waals surface area contributed by atoms with Gasteiger partial charge in [-0.3, -0.25) is 9.69 Å². The minimum atomic E-state index is -0.206. The molecule has 3 aliphatic rings. The van der Waals surface area contributed by atoms with E-state index in [1.54, 1.807) is 0 Å². The van der Waals surface area contributed by atoms with Crippen LogP contribution < -0.4 is 5.32 Å². The summed E-state index contributed by atoms with van der Waals surface area (Å²) in [6.07, 6.45) is 9.80. The molecule has 0 unspecified atom stereocenters. The van der Waals surface area contributed by atoms with E-state index in [0.29, 0.717) is 6.04 Å². The Labute approximate surface area is 142 Å². The topological polar surface area (TPSA) is 68.4 Å². The van der Waals surface area contributed by atoms with Crippen molar-refractivity contribution in [1.82, 2.24) is 15.2 Å². The number of hydrogen-bond donors (Lipinski definition) is 3. The molecule has 2 heterocycles. The molecule has 3 atom stereocenters. The lowest BCUT2D eigenvalue weighted by Crippen LogP contribution is -2.49. The van der Waals surface area contributed by atoms with Crippen molar-refractivity contribution in [2.45, 2.75) is 38.3 Å². The Morgan fingerprint density at radius 3 is 3.17 bits per heavy atom. The van der Waals surface area contributed by atoms with Crippen molar-refractivity contribution in [3.05, 3.63) is 40.7 Å². The van der Waals surface area contributed by atoms with Crippen molar-refractivity contribution in [2.24, 2.45) is 5.92 Å². The highest BCUT2D eigenvalue weighted by molar-refractivity contribution is 5.89. The maximum absolute atomic E-state index is 12.5. The quantitative estimate of drug-likeness (QED) is 0.783. The second-order valence-corrected chi connectivity index (χ2v) is 7.30. The van der Waals surface area contributed by atoms with Gasteiger partial charge in [0.15, 0.2) is 0 Å². The third kappa shape index (κ3) is 2.43. The lowest BCUT2D eigenvalue weighted by molar-refractivity contribution is -0.125. The smallest absolute Gasteiger partial charge is 0.228 e. The summed E-state index contributed by atoms with van der Waals surface area (Å²) < 4.78 is 0. The molecule has 1 aliphatic heterocycles. The van der Waals surface area contributed by atoms with Crippen LogP contribution in [0.3, 0.4) is 0 Å². The van der Waals surface area contributed by atoms with Gasteiger partial charge < -0.3 is 15.4 Å². The molecule has 4 rings (SSSR count). The van der Waals surface area contributed by atoms with E-state index in [9.17, 15) is 9.90 Å². The summed E-state index contributed by atoms with van der Waals surface area (Å²) in [5.74, 6) is -0.159. The molecule has 0 bridgehead atoms. The fourth-order valence-corrected chi connectivity index (χ4v) is 4.28. The van der Waals surface area contributed by atoms with Gasteiger partial charge in [0.05, 0.1) is 12.5 Å². The predicted molar refractivity (Wildman–Crippen MR) is 93.5 cm³/mol. The van der Waals surface area contributed by atoms with Crippen LogP contribution in [-0.2, 0) is 17.6 Å². The first-order valence-electron chi connectivity index (χ1n) is 8.81. The van der Waals surface area contributed by atoms with E-state index in [0.717, 1.165) is 25.8 Å². The molecule has 2 aliphatic carbocycles. The minimum absolute atomic E-state index is 0.00542. The number of likely N-dealkylation sites (N-methyl/N-ethyl adjacent to an activating group) is 1. The van der Waals surface area contributed by atoms with Gasteiger partial charge >= 0.3 is 0 Å². The van der Waals surface area contributed by atoms with Crippen LogP contribution in [0, 0.1) is 5.92 Å². The maximum atomic E-state index is 12.5. The average Bonchev–Trinajstić information content (AvgIpc) is 3.00. The number of aromatic nitrogens is 1. The highest BCUT2D eigenvalue weighted by Gasteiger charge is 2.38. The zero-order chi connectivity index (χ0) is 16.8. The molecule has 0 spiro atoms. The van der Waals surface area contributed by atoms with Gasteiger partial charge in [-0.15, -0.1) is 0 Å². The summed E-state index contributed by atoms with van der Waals surface area (Å²) in [5, 5.41) is 12.1. The highest BCUT2D eigenvalue weighted by atomic mass is 16.3. The van der Waals surface area contributed by atoms with E-state index in [1.807, 2.05) is 6.92 Å². The van der Waals surface area contributed by atoms with Gasteiger partial charge in [0.2, 0.25) is 5.91 Å². The van der Waals surface area contributed by atoms with Gasteiger partial charge in [0.1, 0.15) is 0 Å². The van der Waals surface area contributed by atoms with Crippen molar-refractivity contribution in [3.8, 4) is 0 Å². The molecule has 0 saturated heterocycles. The largest absolute Gasteiger partial charge is 0.394 e. The van der Waals surface area contributed by atoms with Crippen LogP contribution in [0.15, 0.2) is 23.9 Å². The van der Waals surface area contributed by atoms with Crippen LogP contribution in [-0.4, -0.2) is 53.2 Å². The maximum Gasteiger partial charge on any atom is 0.228 e. The Hall–Kier alpha value is -1.85. The molecule has 3 N–H and O–H groups in total. The minimum Gasteiger partial charge on any atom is -0.394 e. The van der Waals surface area contributed by atoms with E-state index < -0.39 is 0 Å². The van der Waals surface area contributed by atoms with Crippen LogP contribution in [0.1, 0.15) is 30.2 Å². The van der Waals surface area contributed by atoms with E-state index in [1.165, 1.54) is 28.0 Å². The number of rotatable bonds is 3. The van der Waals surface area contributed by atoms with Gasteiger partial charge in [0.25, 0.3) is 0 Å². The second-order valence-electron chi connectivity index (χ2n) is 7.30. The first-order chi connectivity index (χ1) is 11.6. The van der Waals surface area contributed by atoms with Gasteiger partial charge in [0, 0.05) is 36.1 Å². The van der Waals surface area contributed by atoms with E-state index in [4.69, 9.17) is 0 Å². The Morgan fingerprint density at radius 1 is 1.54 bits per heavy atom. The standard InChI is InChI=1S/C19H25N3O2/c1-11(10-23)21-19(24)13-6-15-14-4-3-5-16-18(14)12(8-20-16)7-17(15)22(2)9-13/h4,6,8,11,13,17,20,23H,3,5,7,9-10H2,1-2H3,(H,21,24)/t11-,13+,17+/m0/s1. The molecular weight excluding hydrogens is 302 g/mol. The molecule has 24 heavy (non-hydrogen) atoms. The van der Waals surface area contributed by atoms with Gasteiger partial charge in [-0.1, -0.05) is 12.2 Å². The van der Waals surface area contributed by atoms with Crippen molar-refractivity contribution in [1.29, 1.82) is 0 Å². The summed E-state index contributed by atoms with van der Waals surface area (Å²) in [6.45, 7) is 2.51. The Bertz CT molecular complexity index is 731. The third-order valence-electron chi connectivity index (χ3n) is 5.54. The van der Waals surface area contributed by atoms with E-state index in [-0.39, 0.29) is 24.5 Å².